The minimum atomic E-state index is -0.0900. The van der Waals surface area contributed by atoms with Crippen molar-refractivity contribution in [2.45, 2.75) is 91.0 Å². The number of benzene rings is 4. The smallest absolute Gasteiger partial charge is 0.0799 e. The van der Waals surface area contributed by atoms with Gasteiger partial charge in [-0.05, 0) is 117 Å². The number of aliphatic imine (C=N–C) groups is 1. The zero-order chi connectivity index (χ0) is 39.6. The molecule has 0 saturated carbocycles. The van der Waals surface area contributed by atoms with Gasteiger partial charge in [0.1, 0.15) is 0 Å². The Balaban J connectivity index is 1.43. The van der Waals surface area contributed by atoms with E-state index in [0.717, 1.165) is 53.9 Å². The summed E-state index contributed by atoms with van der Waals surface area (Å²) in [7, 11) is 2.17. The molecule has 3 nitrogen and oxygen atoms in total. The second-order valence-corrected chi connectivity index (χ2v) is 16.7. The zero-order valence-electron chi connectivity index (χ0n) is 34.3. The third-order valence-corrected chi connectivity index (χ3v) is 11.9. The molecule has 4 aromatic carbocycles. The summed E-state index contributed by atoms with van der Waals surface area (Å²) in [6, 6.07) is 32.7. The Bertz CT molecular complexity index is 2040. The van der Waals surface area contributed by atoms with Gasteiger partial charge in [-0.15, -0.1) is 0 Å². The summed E-state index contributed by atoms with van der Waals surface area (Å²) in [5.41, 5.74) is 14.2. The van der Waals surface area contributed by atoms with Crippen LogP contribution in [-0.4, -0.2) is 25.3 Å². The Morgan fingerprint density at radius 2 is 1.47 bits per heavy atom. The molecule has 0 radical (unpaired) electrons. The standard InChI is InChI=1S/C51H61N3S/c1-12-38(10)55-41(13-2)30-36(8)28-29-44-42-24-18-19-25-43(42)47(14-3)52-50(44)37(9)33-54(11)49-27-21-20-26-48(49)53-51-45(34(4)5)31-40(32-46(51)35(6)7)39-22-16-15-17-23-39/h14-27,30-32,34-35,44,50,53H,3,8-10,12-13,28-29,33H2,1-2,4-7,11H3/b41-30+. The van der Waals surface area contributed by atoms with E-state index in [4.69, 9.17) is 11.6 Å². The lowest BCUT2D eigenvalue weighted by Crippen LogP contribution is -2.32. The number of fused-ring (bicyclic) bond motifs is 1. The summed E-state index contributed by atoms with van der Waals surface area (Å²) in [5.74, 6) is 0.852. The summed E-state index contributed by atoms with van der Waals surface area (Å²) in [4.78, 5) is 10.2. The molecule has 1 N–H and O–H groups in total. The average molecular weight is 748 g/mol. The molecule has 4 heteroatoms. The molecule has 55 heavy (non-hydrogen) atoms. The van der Waals surface area contributed by atoms with Crippen LogP contribution >= 0.6 is 11.8 Å². The number of hydrogen-bond acceptors (Lipinski definition) is 4. The van der Waals surface area contributed by atoms with Crippen molar-refractivity contribution in [1.29, 1.82) is 0 Å². The molecule has 0 aromatic heterocycles. The molecule has 0 aliphatic carbocycles. The Labute approximate surface area is 336 Å². The number of anilines is 3. The molecule has 2 unspecified atom stereocenters. The second kappa shape index (κ2) is 19.2. The van der Waals surface area contributed by atoms with Crippen molar-refractivity contribution in [3.63, 3.8) is 0 Å². The molecular weight excluding hydrogens is 687 g/mol. The highest BCUT2D eigenvalue weighted by Crippen LogP contribution is 2.42. The van der Waals surface area contributed by atoms with Gasteiger partial charge in [0.05, 0.1) is 23.1 Å². The Morgan fingerprint density at radius 3 is 2.11 bits per heavy atom. The molecule has 0 saturated heterocycles. The van der Waals surface area contributed by atoms with Gasteiger partial charge in [-0.2, -0.15) is 0 Å². The largest absolute Gasteiger partial charge is 0.369 e. The van der Waals surface area contributed by atoms with Gasteiger partial charge in [-0.3, -0.25) is 4.99 Å². The minimum Gasteiger partial charge on any atom is -0.369 e. The van der Waals surface area contributed by atoms with Crippen molar-refractivity contribution in [1.82, 2.24) is 0 Å². The van der Waals surface area contributed by atoms with Gasteiger partial charge in [0.2, 0.25) is 0 Å². The van der Waals surface area contributed by atoms with Crippen molar-refractivity contribution >= 4 is 34.5 Å². The zero-order valence-corrected chi connectivity index (χ0v) is 35.1. The minimum absolute atomic E-state index is 0.0900. The third-order valence-electron chi connectivity index (χ3n) is 10.6. The monoisotopic (exact) mass is 747 g/mol. The maximum Gasteiger partial charge on any atom is 0.0799 e. The number of likely N-dealkylation sites (N-methyl/N-ethyl adjacent to an activating group) is 1. The quantitative estimate of drug-likeness (QED) is 0.0811. The van der Waals surface area contributed by atoms with Gasteiger partial charge in [0, 0.05) is 30.8 Å². The SMILES string of the molecule is C=CC1=NC(C(=C)CN(C)c2ccccc2Nc2c(C(C)C)cc(-c3ccccc3)cc2C(C)C)C(CCC(=C)/C=C(\CC)SC(=C)CC)c2ccccc21. The van der Waals surface area contributed by atoms with Crippen LogP contribution in [0.15, 0.2) is 155 Å². The van der Waals surface area contributed by atoms with E-state index in [1.807, 2.05) is 6.08 Å². The third kappa shape index (κ3) is 10.1. The summed E-state index contributed by atoms with van der Waals surface area (Å²) in [5, 5.41) is 3.96. The molecule has 0 fully saturated rings. The van der Waals surface area contributed by atoms with E-state index in [1.54, 1.807) is 11.8 Å². The molecule has 1 aliphatic rings. The van der Waals surface area contributed by atoms with E-state index in [2.05, 4.69) is 176 Å². The molecule has 5 rings (SSSR count). The van der Waals surface area contributed by atoms with Crippen molar-refractivity contribution in [2.75, 3.05) is 23.8 Å². The second-order valence-electron chi connectivity index (χ2n) is 15.4. The van der Waals surface area contributed by atoms with E-state index in [9.17, 15) is 0 Å². The van der Waals surface area contributed by atoms with Crippen LogP contribution in [-0.2, 0) is 0 Å². The Kier molecular flexibility index (Phi) is 14.4. The van der Waals surface area contributed by atoms with Crippen molar-refractivity contribution in [3.05, 3.63) is 173 Å². The first-order chi connectivity index (χ1) is 26.4. The molecule has 2 atom stereocenters. The van der Waals surface area contributed by atoms with Crippen molar-refractivity contribution in [3.8, 4) is 11.1 Å². The van der Waals surface area contributed by atoms with E-state index in [1.165, 1.54) is 48.9 Å². The lowest BCUT2D eigenvalue weighted by molar-refractivity contribution is 0.537. The number of nitrogens with one attached hydrogen (secondary N) is 1. The van der Waals surface area contributed by atoms with E-state index < -0.39 is 0 Å². The van der Waals surface area contributed by atoms with Crippen LogP contribution in [0.4, 0.5) is 17.1 Å². The predicted molar refractivity (Wildman–Crippen MR) is 246 cm³/mol. The molecule has 1 heterocycles. The van der Waals surface area contributed by atoms with Gasteiger partial charge < -0.3 is 10.2 Å². The van der Waals surface area contributed by atoms with Gasteiger partial charge in [-0.25, -0.2) is 0 Å². The van der Waals surface area contributed by atoms with Crippen LogP contribution in [0.3, 0.4) is 0 Å². The molecule has 0 bridgehead atoms. The number of hydrogen-bond donors (Lipinski definition) is 1. The summed E-state index contributed by atoms with van der Waals surface area (Å²) in [6.07, 6.45) is 7.91. The van der Waals surface area contributed by atoms with E-state index in [0.29, 0.717) is 18.4 Å². The number of rotatable bonds is 18. The maximum atomic E-state index is 5.36. The Hall–Kier alpha value is -4.80. The van der Waals surface area contributed by atoms with Crippen LogP contribution < -0.4 is 10.2 Å². The van der Waals surface area contributed by atoms with Crippen LogP contribution in [0.1, 0.15) is 107 Å². The molecule has 4 aromatic rings. The van der Waals surface area contributed by atoms with Gasteiger partial charge in [0.25, 0.3) is 0 Å². The molecule has 1 aliphatic heterocycles. The van der Waals surface area contributed by atoms with Crippen molar-refractivity contribution in [2.24, 2.45) is 4.99 Å². The highest BCUT2D eigenvalue weighted by molar-refractivity contribution is 8.06. The molecular formula is C51H61N3S. The number of para-hydroxylation sites is 2. The lowest BCUT2D eigenvalue weighted by atomic mass is 9.78. The topological polar surface area (TPSA) is 27.6 Å². The van der Waals surface area contributed by atoms with E-state index >= 15 is 0 Å². The molecule has 286 valence electrons. The Morgan fingerprint density at radius 1 is 0.836 bits per heavy atom. The van der Waals surface area contributed by atoms with Gasteiger partial charge in [-0.1, -0.05) is 152 Å². The highest BCUT2D eigenvalue weighted by atomic mass is 32.2. The maximum absolute atomic E-state index is 5.36. The van der Waals surface area contributed by atoms with Gasteiger partial charge >= 0.3 is 0 Å². The first kappa shape index (κ1) is 41.4. The lowest BCUT2D eigenvalue weighted by Gasteiger charge is -2.35. The van der Waals surface area contributed by atoms with Crippen molar-refractivity contribution < 1.29 is 0 Å². The average Bonchev–Trinajstić information content (AvgIpc) is 3.19. The fourth-order valence-electron chi connectivity index (χ4n) is 7.56. The van der Waals surface area contributed by atoms with Crippen LogP contribution in [0, 0.1) is 0 Å². The highest BCUT2D eigenvalue weighted by Gasteiger charge is 2.32. The normalized spacial score (nSPS) is 15.4. The number of nitrogens with zero attached hydrogens (tertiary/aromatic N) is 2. The van der Waals surface area contributed by atoms with E-state index in [-0.39, 0.29) is 12.0 Å². The summed E-state index contributed by atoms with van der Waals surface area (Å²) < 4.78 is 0. The molecule has 0 amide bonds. The van der Waals surface area contributed by atoms with Crippen LogP contribution in [0.5, 0.6) is 0 Å². The number of thioether (sulfide) groups is 1. The van der Waals surface area contributed by atoms with Crippen LogP contribution in [0.25, 0.3) is 11.1 Å². The predicted octanol–water partition coefficient (Wildman–Crippen LogP) is 14.8. The van der Waals surface area contributed by atoms with Crippen LogP contribution in [0.2, 0.25) is 0 Å². The fraction of sp³-hybridized carbons (Fsp3) is 0.314. The fourth-order valence-corrected chi connectivity index (χ4v) is 8.44. The molecule has 0 spiro atoms. The first-order valence-corrected chi connectivity index (χ1v) is 20.8. The number of allylic oxidation sites excluding steroid dienone is 5. The summed E-state index contributed by atoms with van der Waals surface area (Å²) in [6.45, 7) is 31.8. The first-order valence-electron chi connectivity index (χ1n) is 20.0. The van der Waals surface area contributed by atoms with Gasteiger partial charge in [0.15, 0.2) is 0 Å². The summed E-state index contributed by atoms with van der Waals surface area (Å²) >= 11 is 1.79.